The van der Waals surface area contributed by atoms with Gasteiger partial charge in [0, 0.05) is 62.0 Å². The third-order valence-corrected chi connectivity index (χ3v) is 6.81. The number of nitrogens with one attached hydrogen (secondary N) is 1. The maximum Gasteiger partial charge on any atom is 0.410 e. The molecule has 0 saturated carbocycles. The van der Waals surface area contributed by atoms with Gasteiger partial charge in [-0.2, -0.15) is 9.61 Å². The molecule has 4 rings (SSSR count). The molecule has 0 aromatic carbocycles. The molecule has 0 spiro atoms. The smallest absolute Gasteiger partial charge is 0.410 e. The summed E-state index contributed by atoms with van der Waals surface area (Å²) in [6.07, 6.45) is 7.14. The Bertz CT molecular complexity index is 1100. The minimum absolute atomic E-state index is 0.0274. The van der Waals surface area contributed by atoms with Crippen molar-refractivity contribution >= 4 is 23.5 Å². The highest BCUT2D eigenvalue weighted by Gasteiger charge is 2.31. The molecule has 0 radical (unpaired) electrons. The van der Waals surface area contributed by atoms with Crippen LogP contribution in [0.2, 0.25) is 0 Å². The van der Waals surface area contributed by atoms with Crippen LogP contribution in [0.15, 0.2) is 24.4 Å². The van der Waals surface area contributed by atoms with Gasteiger partial charge in [0.1, 0.15) is 11.9 Å². The van der Waals surface area contributed by atoms with Crippen molar-refractivity contribution in [2.75, 3.05) is 52.1 Å². The molecule has 2 aromatic heterocycles. The summed E-state index contributed by atoms with van der Waals surface area (Å²) in [4.78, 5) is 35.3. The quantitative estimate of drug-likeness (QED) is 0.588. The highest BCUT2D eigenvalue weighted by Crippen LogP contribution is 2.24. The number of carbonyl (C=O) groups excluding carboxylic acids is 2. The van der Waals surface area contributed by atoms with E-state index in [1.807, 2.05) is 48.8 Å². The average molecular weight is 498 g/mol. The van der Waals surface area contributed by atoms with Crippen LogP contribution in [-0.2, 0) is 9.53 Å². The van der Waals surface area contributed by atoms with Crippen molar-refractivity contribution in [3.63, 3.8) is 0 Å². The first kappa shape index (κ1) is 25.9. The van der Waals surface area contributed by atoms with Gasteiger partial charge in [0.15, 0.2) is 5.65 Å². The molecule has 1 N–H and O–H groups in total. The minimum Gasteiger partial charge on any atom is -0.444 e. The number of nitrogens with zero attached hydrogens (tertiary/aromatic N) is 6. The molecule has 2 aromatic rings. The van der Waals surface area contributed by atoms with E-state index in [-0.39, 0.29) is 24.1 Å². The molecule has 2 fully saturated rings. The van der Waals surface area contributed by atoms with E-state index in [1.54, 1.807) is 15.9 Å². The zero-order valence-corrected chi connectivity index (χ0v) is 22.1. The van der Waals surface area contributed by atoms with Crippen LogP contribution in [0.25, 0.3) is 5.65 Å². The fourth-order valence-corrected chi connectivity index (χ4v) is 4.74. The molecule has 0 bridgehead atoms. The van der Waals surface area contributed by atoms with E-state index < -0.39 is 0 Å². The van der Waals surface area contributed by atoms with Gasteiger partial charge < -0.3 is 24.8 Å². The van der Waals surface area contributed by atoms with Crippen molar-refractivity contribution in [1.29, 1.82) is 0 Å². The van der Waals surface area contributed by atoms with E-state index in [0.29, 0.717) is 38.5 Å². The van der Waals surface area contributed by atoms with Gasteiger partial charge in [-0.05, 0) is 39.8 Å². The summed E-state index contributed by atoms with van der Waals surface area (Å²) in [5.41, 5.74) is 2.98. The lowest BCUT2D eigenvalue weighted by molar-refractivity contribution is -0.125. The van der Waals surface area contributed by atoms with Gasteiger partial charge in [-0.15, -0.1) is 0 Å². The van der Waals surface area contributed by atoms with Gasteiger partial charge in [-0.3, -0.25) is 4.79 Å². The zero-order chi connectivity index (χ0) is 25.8. The normalized spacial score (nSPS) is 19.2. The summed E-state index contributed by atoms with van der Waals surface area (Å²) in [6.45, 7) is 9.33. The number of hydrogen-bond acceptors (Lipinski definition) is 7. The van der Waals surface area contributed by atoms with Crippen LogP contribution in [0, 0.1) is 6.92 Å². The number of rotatable bonds is 7. The largest absolute Gasteiger partial charge is 0.444 e. The van der Waals surface area contributed by atoms with E-state index in [9.17, 15) is 9.59 Å². The third-order valence-electron chi connectivity index (χ3n) is 6.81. The Kier molecular flexibility index (Phi) is 8.13. The SMILES string of the molecule is Cc1cc(NC2CCN(C(=O)O[C@H]3CCN(C(=O)C=CCN(C)C)C3)CC2)n2ncc(C(C)C)c2n1. The topological polar surface area (TPSA) is 95.3 Å². The van der Waals surface area contributed by atoms with Gasteiger partial charge in [0.25, 0.3) is 0 Å². The second-order valence-electron chi connectivity index (χ2n) is 10.4. The number of ether oxygens (including phenoxy) is 1. The zero-order valence-electron chi connectivity index (χ0n) is 22.1. The van der Waals surface area contributed by atoms with Gasteiger partial charge >= 0.3 is 6.09 Å². The Morgan fingerprint density at radius 3 is 2.61 bits per heavy atom. The van der Waals surface area contributed by atoms with Crippen LogP contribution in [-0.4, -0.2) is 100 Å². The van der Waals surface area contributed by atoms with Crippen LogP contribution >= 0.6 is 0 Å². The lowest BCUT2D eigenvalue weighted by atomic mass is 10.1. The Hall–Kier alpha value is -3.14. The van der Waals surface area contributed by atoms with E-state index in [1.165, 1.54) is 0 Å². The van der Waals surface area contributed by atoms with E-state index in [0.717, 1.165) is 42.1 Å². The molecular weight excluding hydrogens is 458 g/mol. The fourth-order valence-electron chi connectivity index (χ4n) is 4.74. The maximum atomic E-state index is 12.8. The number of anilines is 1. The monoisotopic (exact) mass is 497 g/mol. The number of likely N-dealkylation sites (tertiary alicyclic amines) is 2. The molecule has 10 heteroatoms. The molecule has 0 aliphatic carbocycles. The minimum atomic E-state index is -0.285. The van der Waals surface area contributed by atoms with Crippen molar-refractivity contribution in [2.24, 2.45) is 0 Å². The molecule has 0 unspecified atom stereocenters. The van der Waals surface area contributed by atoms with E-state index in [4.69, 9.17) is 9.72 Å². The van der Waals surface area contributed by atoms with Gasteiger partial charge in [-0.1, -0.05) is 19.9 Å². The number of fused-ring (bicyclic) bond motifs is 1. The van der Waals surface area contributed by atoms with Crippen molar-refractivity contribution < 1.29 is 14.3 Å². The number of likely N-dealkylation sites (N-methyl/N-ethyl adjacent to an activating group) is 1. The number of amides is 2. The second kappa shape index (κ2) is 11.3. The number of piperidine rings is 1. The van der Waals surface area contributed by atoms with Crippen LogP contribution < -0.4 is 5.32 Å². The summed E-state index contributed by atoms with van der Waals surface area (Å²) < 4.78 is 7.62. The molecule has 10 nitrogen and oxygen atoms in total. The summed E-state index contributed by atoms with van der Waals surface area (Å²) in [6, 6.07) is 2.26. The van der Waals surface area contributed by atoms with Crippen LogP contribution in [0.3, 0.4) is 0 Å². The number of carbonyl (C=O) groups is 2. The van der Waals surface area contributed by atoms with Crippen LogP contribution in [0.4, 0.5) is 10.6 Å². The first-order valence-corrected chi connectivity index (χ1v) is 12.9. The van der Waals surface area contributed by atoms with E-state index in [2.05, 4.69) is 24.3 Å². The predicted molar refractivity (Wildman–Crippen MR) is 139 cm³/mol. The second-order valence-corrected chi connectivity index (χ2v) is 10.4. The molecule has 196 valence electrons. The predicted octanol–water partition coefficient (Wildman–Crippen LogP) is 2.89. The van der Waals surface area contributed by atoms with Crippen molar-refractivity contribution in [1.82, 2.24) is 29.3 Å². The summed E-state index contributed by atoms with van der Waals surface area (Å²) in [5.74, 6) is 1.25. The molecule has 2 amide bonds. The van der Waals surface area contributed by atoms with Crippen LogP contribution in [0.1, 0.15) is 50.3 Å². The van der Waals surface area contributed by atoms with Crippen molar-refractivity contribution in [3.8, 4) is 0 Å². The highest BCUT2D eigenvalue weighted by molar-refractivity contribution is 5.87. The Balaban J connectivity index is 1.26. The van der Waals surface area contributed by atoms with Gasteiger partial charge in [0.05, 0.1) is 12.7 Å². The maximum absolute atomic E-state index is 12.8. The molecule has 2 saturated heterocycles. The third kappa shape index (κ3) is 6.16. The fraction of sp³-hybridized carbons (Fsp3) is 0.615. The molecule has 4 heterocycles. The van der Waals surface area contributed by atoms with Gasteiger partial charge in [-0.25, -0.2) is 9.78 Å². The Morgan fingerprint density at radius 1 is 1.19 bits per heavy atom. The molecule has 1 atom stereocenters. The van der Waals surface area contributed by atoms with Crippen molar-refractivity contribution in [2.45, 2.75) is 58.1 Å². The number of aryl methyl sites for hydroxylation is 1. The van der Waals surface area contributed by atoms with E-state index >= 15 is 0 Å². The molecule has 2 aliphatic heterocycles. The van der Waals surface area contributed by atoms with Crippen molar-refractivity contribution in [3.05, 3.63) is 35.7 Å². The Labute approximate surface area is 213 Å². The van der Waals surface area contributed by atoms with Gasteiger partial charge in [0.2, 0.25) is 5.91 Å². The molecule has 36 heavy (non-hydrogen) atoms. The first-order valence-electron chi connectivity index (χ1n) is 12.9. The number of hydrogen-bond donors (Lipinski definition) is 1. The summed E-state index contributed by atoms with van der Waals surface area (Å²) in [5, 5.41) is 8.18. The lowest BCUT2D eigenvalue weighted by Crippen LogP contribution is -2.44. The lowest BCUT2D eigenvalue weighted by Gasteiger charge is -2.33. The summed E-state index contributed by atoms with van der Waals surface area (Å²) in [7, 11) is 3.92. The molecule has 2 aliphatic rings. The first-order chi connectivity index (χ1) is 17.2. The Morgan fingerprint density at radius 2 is 1.92 bits per heavy atom. The average Bonchev–Trinajstić information content (AvgIpc) is 3.46. The standard InChI is InChI=1S/C26H39N7O3/c1-18(2)22-16-27-33-23(15-19(3)28-25(22)33)29-20-8-12-31(13-9-20)26(35)36-21-10-14-32(17-21)24(34)7-6-11-30(4)5/h6-7,15-16,18,20-21,29H,8-14,17H2,1-5H3/t21-/m0/s1. The molecular formula is C26H39N7O3. The van der Waals surface area contributed by atoms with Crippen LogP contribution in [0.5, 0.6) is 0 Å². The summed E-state index contributed by atoms with van der Waals surface area (Å²) >= 11 is 0. The highest BCUT2D eigenvalue weighted by atomic mass is 16.6. The number of aromatic nitrogens is 3.